The zero-order valence-electron chi connectivity index (χ0n) is 13.2. The van der Waals surface area contributed by atoms with Crippen LogP contribution in [-0.2, 0) is 19.7 Å². The van der Waals surface area contributed by atoms with Gasteiger partial charge in [-0.25, -0.2) is 4.79 Å². The number of esters is 1. The Hall–Kier alpha value is -2.67. The van der Waals surface area contributed by atoms with Crippen LogP contribution in [0.15, 0.2) is 41.8 Å². The summed E-state index contributed by atoms with van der Waals surface area (Å²) in [6.07, 6.45) is -0.261. The van der Waals surface area contributed by atoms with Gasteiger partial charge in [-0.1, -0.05) is 30.3 Å². The summed E-state index contributed by atoms with van der Waals surface area (Å²) in [6.45, 7) is 1.50. The van der Waals surface area contributed by atoms with Crippen LogP contribution >= 0.6 is 11.3 Å². The number of methoxy groups -OCH3 is 1. The third kappa shape index (κ3) is 3.62. The monoisotopic (exact) mass is 347 g/mol. The maximum Gasteiger partial charge on any atom is 0.350 e. The fourth-order valence-electron chi connectivity index (χ4n) is 2.28. The van der Waals surface area contributed by atoms with Gasteiger partial charge in [0.2, 0.25) is 5.91 Å². The predicted octanol–water partition coefficient (Wildman–Crippen LogP) is 2.91. The summed E-state index contributed by atoms with van der Waals surface area (Å²) in [5.41, 5.74) is -0.518. The largest absolute Gasteiger partial charge is 0.481 e. The highest BCUT2D eigenvalue weighted by Gasteiger charge is 2.37. The Bertz CT molecular complexity index is 755. The predicted molar refractivity (Wildman–Crippen MR) is 90.3 cm³/mol. The molecule has 0 fully saturated rings. The standard InChI is InChI=1S/C17H17NO5S/c1-17(16(21)22,11-6-4-3-5-7-11)10-13(19)18-12-8-9-24-14(12)15(20)23-2/h3-9H,10H2,1-2H3,(H,18,19)(H,21,22). The lowest BCUT2D eigenvalue weighted by Gasteiger charge is -2.24. The molecule has 0 radical (unpaired) electrons. The summed E-state index contributed by atoms with van der Waals surface area (Å²) >= 11 is 1.14. The van der Waals surface area contributed by atoms with E-state index in [0.29, 0.717) is 11.3 Å². The average Bonchev–Trinajstić information content (AvgIpc) is 3.02. The van der Waals surface area contributed by atoms with Crippen LogP contribution in [0.4, 0.5) is 5.69 Å². The Morgan fingerprint density at radius 1 is 1.21 bits per heavy atom. The van der Waals surface area contributed by atoms with E-state index >= 15 is 0 Å². The quantitative estimate of drug-likeness (QED) is 0.784. The molecule has 126 valence electrons. The number of carboxylic acid groups (broad SMARTS) is 1. The number of aliphatic carboxylic acids is 1. The van der Waals surface area contributed by atoms with Gasteiger partial charge in [-0.05, 0) is 23.9 Å². The van der Waals surface area contributed by atoms with Crippen molar-refractivity contribution in [2.24, 2.45) is 0 Å². The van der Waals surface area contributed by atoms with Crippen LogP contribution in [0.3, 0.4) is 0 Å². The van der Waals surface area contributed by atoms with Gasteiger partial charge < -0.3 is 15.2 Å². The van der Waals surface area contributed by atoms with E-state index < -0.39 is 23.3 Å². The molecule has 0 bridgehead atoms. The van der Waals surface area contributed by atoms with E-state index in [9.17, 15) is 19.5 Å². The molecule has 0 spiro atoms. The second-order valence-electron chi connectivity index (χ2n) is 5.38. The van der Waals surface area contributed by atoms with E-state index in [1.165, 1.54) is 14.0 Å². The molecule has 1 unspecified atom stereocenters. The molecule has 1 amide bonds. The lowest BCUT2D eigenvalue weighted by Crippen LogP contribution is -2.36. The molecule has 0 aliphatic rings. The molecule has 0 saturated carbocycles. The van der Waals surface area contributed by atoms with Crippen LogP contribution < -0.4 is 5.32 Å². The molecular weight excluding hydrogens is 330 g/mol. The van der Waals surface area contributed by atoms with Gasteiger partial charge in [-0.2, -0.15) is 0 Å². The van der Waals surface area contributed by atoms with Gasteiger partial charge in [0.25, 0.3) is 0 Å². The molecule has 1 atom stereocenters. The van der Waals surface area contributed by atoms with Crippen molar-refractivity contribution in [1.82, 2.24) is 0 Å². The van der Waals surface area contributed by atoms with Crippen molar-refractivity contribution in [3.63, 3.8) is 0 Å². The minimum Gasteiger partial charge on any atom is -0.481 e. The van der Waals surface area contributed by atoms with Crippen molar-refractivity contribution < 1.29 is 24.2 Å². The van der Waals surface area contributed by atoms with Crippen LogP contribution in [0.5, 0.6) is 0 Å². The lowest BCUT2D eigenvalue weighted by molar-refractivity contribution is -0.145. The Morgan fingerprint density at radius 3 is 2.46 bits per heavy atom. The number of carbonyl (C=O) groups is 3. The lowest BCUT2D eigenvalue weighted by atomic mass is 9.79. The number of amides is 1. The molecule has 2 rings (SSSR count). The summed E-state index contributed by atoms with van der Waals surface area (Å²) in [5.74, 6) is -2.14. The number of rotatable bonds is 6. The maximum atomic E-state index is 12.3. The summed E-state index contributed by atoms with van der Waals surface area (Å²) in [5, 5.41) is 13.8. The van der Waals surface area contributed by atoms with Crippen molar-refractivity contribution in [2.45, 2.75) is 18.8 Å². The van der Waals surface area contributed by atoms with Crippen LogP contribution in [0.1, 0.15) is 28.6 Å². The third-order valence-electron chi connectivity index (χ3n) is 3.71. The first-order valence-corrected chi connectivity index (χ1v) is 8.01. The fraction of sp³-hybridized carbons (Fsp3) is 0.235. The van der Waals surface area contributed by atoms with Crippen molar-refractivity contribution >= 4 is 34.9 Å². The number of carbonyl (C=O) groups excluding carboxylic acids is 2. The number of nitrogens with one attached hydrogen (secondary N) is 1. The van der Waals surface area contributed by atoms with Gasteiger partial charge in [0.15, 0.2) is 0 Å². The van der Waals surface area contributed by atoms with E-state index in [4.69, 9.17) is 0 Å². The molecule has 24 heavy (non-hydrogen) atoms. The van der Waals surface area contributed by atoms with Gasteiger partial charge in [0.1, 0.15) is 4.88 Å². The summed E-state index contributed by atoms with van der Waals surface area (Å²) in [7, 11) is 1.25. The zero-order valence-corrected chi connectivity index (χ0v) is 14.1. The molecule has 0 saturated heterocycles. The molecule has 1 heterocycles. The molecule has 1 aromatic carbocycles. The minimum absolute atomic E-state index is 0.261. The van der Waals surface area contributed by atoms with Crippen molar-refractivity contribution in [3.05, 3.63) is 52.2 Å². The Balaban J connectivity index is 2.20. The van der Waals surface area contributed by atoms with Crippen molar-refractivity contribution in [3.8, 4) is 0 Å². The van der Waals surface area contributed by atoms with E-state index in [0.717, 1.165) is 11.3 Å². The number of hydrogen-bond donors (Lipinski definition) is 2. The van der Waals surface area contributed by atoms with Gasteiger partial charge >= 0.3 is 11.9 Å². The van der Waals surface area contributed by atoms with Crippen molar-refractivity contribution in [1.29, 1.82) is 0 Å². The number of hydrogen-bond acceptors (Lipinski definition) is 5. The molecule has 2 N–H and O–H groups in total. The maximum absolute atomic E-state index is 12.3. The van der Waals surface area contributed by atoms with Gasteiger partial charge in [-0.3, -0.25) is 9.59 Å². The number of benzene rings is 1. The summed E-state index contributed by atoms with van der Waals surface area (Å²) in [4.78, 5) is 36.0. The van der Waals surface area contributed by atoms with Crippen LogP contribution in [-0.4, -0.2) is 30.1 Å². The van der Waals surface area contributed by atoms with E-state index in [1.54, 1.807) is 41.8 Å². The van der Waals surface area contributed by atoms with Crippen molar-refractivity contribution in [2.75, 3.05) is 12.4 Å². The highest BCUT2D eigenvalue weighted by molar-refractivity contribution is 7.12. The van der Waals surface area contributed by atoms with Gasteiger partial charge in [0, 0.05) is 6.42 Å². The second-order valence-corrected chi connectivity index (χ2v) is 6.30. The summed E-state index contributed by atoms with van der Waals surface area (Å²) < 4.78 is 4.65. The van der Waals surface area contributed by atoms with Gasteiger partial charge in [0.05, 0.1) is 18.2 Å². The number of carboxylic acids is 1. The fourth-order valence-corrected chi connectivity index (χ4v) is 3.05. The van der Waals surface area contributed by atoms with Crippen LogP contribution in [0.2, 0.25) is 0 Å². The summed E-state index contributed by atoms with van der Waals surface area (Å²) in [6, 6.07) is 10.2. The number of anilines is 1. The molecule has 7 heteroatoms. The van der Waals surface area contributed by atoms with E-state index in [1.807, 2.05) is 0 Å². The molecule has 6 nitrogen and oxygen atoms in total. The highest BCUT2D eigenvalue weighted by atomic mass is 32.1. The van der Waals surface area contributed by atoms with E-state index in [-0.39, 0.29) is 11.3 Å². The first kappa shape index (κ1) is 17.7. The van der Waals surface area contributed by atoms with Crippen LogP contribution in [0.25, 0.3) is 0 Å². The zero-order chi connectivity index (χ0) is 17.7. The Labute approximate surface area is 143 Å². The Morgan fingerprint density at radius 2 is 1.88 bits per heavy atom. The molecule has 0 aliphatic heterocycles. The molecule has 0 aliphatic carbocycles. The SMILES string of the molecule is COC(=O)c1sccc1NC(=O)CC(C)(C(=O)O)c1ccccc1. The number of ether oxygens (including phenoxy) is 1. The van der Waals surface area contributed by atoms with Crippen LogP contribution in [0, 0.1) is 0 Å². The first-order chi connectivity index (χ1) is 11.4. The Kier molecular flexibility index (Phi) is 5.35. The third-order valence-corrected chi connectivity index (χ3v) is 4.60. The second kappa shape index (κ2) is 7.27. The molecule has 2 aromatic rings. The average molecular weight is 347 g/mol. The normalized spacial score (nSPS) is 12.9. The first-order valence-electron chi connectivity index (χ1n) is 7.13. The van der Waals surface area contributed by atoms with E-state index in [2.05, 4.69) is 10.1 Å². The van der Waals surface area contributed by atoms with Gasteiger partial charge in [-0.15, -0.1) is 11.3 Å². The minimum atomic E-state index is -1.37. The molecular formula is C17H17NO5S. The molecule has 1 aromatic heterocycles. The topological polar surface area (TPSA) is 92.7 Å². The number of thiophene rings is 1. The highest BCUT2D eigenvalue weighted by Crippen LogP contribution is 2.30. The smallest absolute Gasteiger partial charge is 0.350 e.